The SMILES string of the molecule is CC12CC(NC(=O)c3ccccc3)(c3ccccc3)C(C)(C(=Cc3ccccc3)C1=O)C2(C)C. The van der Waals surface area contributed by atoms with Crippen LogP contribution in [0.2, 0.25) is 0 Å². The fraction of sp³-hybridized carbons (Fsp3) is 0.290. The zero-order chi connectivity index (χ0) is 24.2. The normalized spacial score (nSPS) is 30.5. The molecule has 5 rings (SSSR count). The molecule has 3 heteroatoms. The van der Waals surface area contributed by atoms with Crippen molar-refractivity contribution >= 4 is 17.8 Å². The van der Waals surface area contributed by atoms with Gasteiger partial charge in [0.05, 0.1) is 5.54 Å². The van der Waals surface area contributed by atoms with Crippen LogP contribution >= 0.6 is 0 Å². The van der Waals surface area contributed by atoms with Crippen LogP contribution in [-0.4, -0.2) is 11.7 Å². The van der Waals surface area contributed by atoms with Gasteiger partial charge in [0.15, 0.2) is 5.78 Å². The number of amides is 1. The maximum Gasteiger partial charge on any atom is 0.252 e. The average Bonchev–Trinajstić information content (AvgIpc) is 3.06. The molecule has 2 fully saturated rings. The minimum absolute atomic E-state index is 0.121. The topological polar surface area (TPSA) is 46.2 Å². The van der Waals surface area contributed by atoms with Crippen LogP contribution in [-0.2, 0) is 10.3 Å². The van der Waals surface area contributed by atoms with Crippen LogP contribution < -0.4 is 5.32 Å². The van der Waals surface area contributed by atoms with Crippen LogP contribution in [0.1, 0.15) is 55.6 Å². The second kappa shape index (κ2) is 7.53. The monoisotopic (exact) mass is 449 g/mol. The van der Waals surface area contributed by atoms with Crippen LogP contribution in [0.5, 0.6) is 0 Å². The van der Waals surface area contributed by atoms with Crippen molar-refractivity contribution in [3.05, 3.63) is 113 Å². The first kappa shape index (κ1) is 22.3. The molecular weight excluding hydrogens is 418 g/mol. The molecule has 1 amide bonds. The maximum atomic E-state index is 14.0. The van der Waals surface area contributed by atoms with Crippen molar-refractivity contribution < 1.29 is 9.59 Å². The summed E-state index contributed by atoms with van der Waals surface area (Å²) in [5.74, 6) is 0.0634. The predicted octanol–water partition coefficient (Wildman–Crippen LogP) is 6.42. The smallest absolute Gasteiger partial charge is 0.252 e. The molecule has 0 saturated heterocycles. The Morgan fingerprint density at radius 3 is 1.88 bits per heavy atom. The fourth-order valence-electron chi connectivity index (χ4n) is 6.60. The Balaban J connectivity index is 1.76. The number of Topliss-reactive ketones (excluding diaryl/α,β-unsaturated/α-hetero) is 1. The molecule has 3 atom stereocenters. The van der Waals surface area contributed by atoms with Gasteiger partial charge in [-0.05, 0) is 41.2 Å². The van der Waals surface area contributed by atoms with Gasteiger partial charge < -0.3 is 5.32 Å². The maximum absolute atomic E-state index is 14.0. The number of hydrogen-bond donors (Lipinski definition) is 1. The zero-order valence-electron chi connectivity index (χ0n) is 20.3. The summed E-state index contributed by atoms with van der Waals surface area (Å²) < 4.78 is 0. The molecule has 0 aromatic heterocycles. The van der Waals surface area contributed by atoms with E-state index in [2.05, 4.69) is 45.1 Å². The molecule has 34 heavy (non-hydrogen) atoms. The van der Waals surface area contributed by atoms with Crippen LogP contribution in [0, 0.1) is 16.2 Å². The summed E-state index contributed by atoms with van der Waals surface area (Å²) in [4.78, 5) is 27.7. The molecule has 0 radical (unpaired) electrons. The Morgan fingerprint density at radius 2 is 1.32 bits per heavy atom. The molecule has 3 unspecified atom stereocenters. The predicted molar refractivity (Wildman–Crippen MR) is 136 cm³/mol. The number of ketones is 1. The molecule has 172 valence electrons. The van der Waals surface area contributed by atoms with Crippen LogP contribution in [0.3, 0.4) is 0 Å². The van der Waals surface area contributed by atoms with Gasteiger partial charge in [0, 0.05) is 22.0 Å². The Morgan fingerprint density at radius 1 is 0.794 bits per heavy atom. The largest absolute Gasteiger partial charge is 0.342 e. The highest BCUT2D eigenvalue weighted by Gasteiger charge is 2.80. The van der Waals surface area contributed by atoms with Crippen molar-refractivity contribution in [2.24, 2.45) is 16.2 Å². The van der Waals surface area contributed by atoms with E-state index in [1.165, 1.54) is 0 Å². The van der Waals surface area contributed by atoms with Crippen molar-refractivity contribution in [1.29, 1.82) is 0 Å². The first-order chi connectivity index (χ1) is 16.2. The number of fused-ring (bicyclic) bond motifs is 2. The molecule has 0 spiro atoms. The number of carbonyl (C=O) groups excluding carboxylic acids is 2. The summed E-state index contributed by atoms with van der Waals surface area (Å²) >= 11 is 0. The fourth-order valence-corrected chi connectivity index (χ4v) is 6.60. The Labute approximate surface area is 201 Å². The molecule has 2 aliphatic carbocycles. The molecule has 3 nitrogen and oxygen atoms in total. The van der Waals surface area contributed by atoms with Crippen molar-refractivity contribution in [3.8, 4) is 0 Å². The van der Waals surface area contributed by atoms with Gasteiger partial charge in [0.1, 0.15) is 0 Å². The van der Waals surface area contributed by atoms with E-state index in [4.69, 9.17) is 0 Å². The lowest BCUT2D eigenvalue weighted by atomic mass is 9.58. The molecule has 3 aromatic rings. The Hall–Kier alpha value is -3.46. The van der Waals surface area contributed by atoms with Gasteiger partial charge in [-0.2, -0.15) is 0 Å². The number of hydrogen-bond acceptors (Lipinski definition) is 2. The molecule has 0 aliphatic heterocycles. The average molecular weight is 450 g/mol. The first-order valence-electron chi connectivity index (χ1n) is 11.9. The van der Waals surface area contributed by atoms with Crippen LogP contribution in [0.25, 0.3) is 6.08 Å². The molecule has 1 N–H and O–H groups in total. The second-order valence-corrected chi connectivity index (χ2v) is 10.6. The minimum atomic E-state index is -0.742. The highest BCUT2D eigenvalue weighted by molar-refractivity contribution is 6.10. The molecule has 2 saturated carbocycles. The van der Waals surface area contributed by atoms with E-state index in [0.29, 0.717) is 12.0 Å². The van der Waals surface area contributed by atoms with E-state index >= 15 is 0 Å². The summed E-state index contributed by atoms with van der Waals surface area (Å²) in [5.41, 5.74) is 1.04. The van der Waals surface area contributed by atoms with Gasteiger partial charge in [-0.3, -0.25) is 9.59 Å². The third-order valence-corrected chi connectivity index (χ3v) is 9.13. The van der Waals surface area contributed by atoms with Crippen molar-refractivity contribution in [2.45, 2.75) is 39.7 Å². The van der Waals surface area contributed by atoms with E-state index in [-0.39, 0.29) is 11.7 Å². The van der Waals surface area contributed by atoms with E-state index < -0.39 is 21.8 Å². The van der Waals surface area contributed by atoms with Gasteiger partial charge in [-0.1, -0.05) is 107 Å². The quantitative estimate of drug-likeness (QED) is 0.467. The van der Waals surface area contributed by atoms with E-state index in [1.54, 1.807) is 0 Å². The highest BCUT2D eigenvalue weighted by atomic mass is 16.2. The standard InChI is InChI=1S/C31H31NO2/c1-28(2)29(3)21-31(24-18-12-7-13-19-24,32-27(34)23-16-10-6-11-17-23)30(28,4)25(26(29)33)20-22-14-8-5-9-15-22/h5-20H,21H2,1-4H3,(H,32,34). The van der Waals surface area contributed by atoms with E-state index in [9.17, 15) is 9.59 Å². The molecule has 3 aromatic carbocycles. The third-order valence-electron chi connectivity index (χ3n) is 9.13. The van der Waals surface area contributed by atoms with Crippen molar-refractivity contribution in [3.63, 3.8) is 0 Å². The van der Waals surface area contributed by atoms with Crippen molar-refractivity contribution in [2.75, 3.05) is 0 Å². The summed E-state index contributed by atoms with van der Waals surface area (Å²) in [6, 6.07) is 29.5. The third kappa shape index (κ3) is 2.76. The second-order valence-electron chi connectivity index (χ2n) is 10.6. The van der Waals surface area contributed by atoms with Gasteiger partial charge >= 0.3 is 0 Å². The van der Waals surface area contributed by atoms with Crippen LogP contribution in [0.15, 0.2) is 96.6 Å². The summed E-state index contributed by atoms with van der Waals surface area (Å²) in [5, 5.41) is 3.48. The summed E-state index contributed by atoms with van der Waals surface area (Å²) in [7, 11) is 0. The minimum Gasteiger partial charge on any atom is -0.342 e. The zero-order valence-corrected chi connectivity index (χ0v) is 20.3. The lowest BCUT2D eigenvalue weighted by molar-refractivity contribution is -0.126. The van der Waals surface area contributed by atoms with Gasteiger partial charge in [-0.15, -0.1) is 0 Å². The first-order valence-corrected chi connectivity index (χ1v) is 11.9. The number of rotatable bonds is 4. The van der Waals surface area contributed by atoms with Gasteiger partial charge in [0.2, 0.25) is 0 Å². The number of carbonyl (C=O) groups is 2. The number of nitrogens with one attached hydrogen (secondary N) is 1. The summed E-state index contributed by atoms with van der Waals surface area (Å²) in [6.45, 7) is 8.64. The van der Waals surface area contributed by atoms with E-state index in [0.717, 1.165) is 16.7 Å². The van der Waals surface area contributed by atoms with Gasteiger partial charge in [-0.25, -0.2) is 0 Å². The molecule has 0 heterocycles. The highest BCUT2D eigenvalue weighted by Crippen LogP contribution is 2.78. The Bertz CT molecular complexity index is 1280. The molecule has 2 aliphatic rings. The molecular formula is C31H31NO2. The lowest BCUT2D eigenvalue weighted by Gasteiger charge is -2.50. The summed E-state index contributed by atoms with van der Waals surface area (Å²) in [6.07, 6.45) is 2.60. The lowest BCUT2D eigenvalue weighted by Crippen LogP contribution is -2.58. The van der Waals surface area contributed by atoms with E-state index in [1.807, 2.05) is 84.9 Å². The number of benzene rings is 3. The Kier molecular flexibility index (Phi) is 4.95. The van der Waals surface area contributed by atoms with Crippen molar-refractivity contribution in [1.82, 2.24) is 5.32 Å². The van der Waals surface area contributed by atoms with Gasteiger partial charge in [0.25, 0.3) is 5.91 Å². The van der Waals surface area contributed by atoms with Crippen LogP contribution in [0.4, 0.5) is 0 Å². The molecule has 2 bridgehead atoms.